The van der Waals surface area contributed by atoms with E-state index in [2.05, 4.69) is 29.1 Å². The first-order valence-corrected chi connectivity index (χ1v) is 5.18. The first kappa shape index (κ1) is 11.5. The summed E-state index contributed by atoms with van der Waals surface area (Å²) in [4.78, 5) is 18.4. The van der Waals surface area contributed by atoms with Gasteiger partial charge in [-0.15, -0.1) is 0 Å². The molecule has 0 aliphatic carbocycles. The molecule has 0 aromatic carbocycles. The van der Waals surface area contributed by atoms with Gasteiger partial charge in [-0.25, -0.2) is 5.48 Å². The third-order valence-corrected chi connectivity index (χ3v) is 3.05. The summed E-state index contributed by atoms with van der Waals surface area (Å²) in [6.45, 7) is 6.26. The lowest BCUT2D eigenvalue weighted by atomic mass is 10.2. The van der Waals surface area contributed by atoms with Gasteiger partial charge in [0, 0.05) is 12.1 Å². The van der Waals surface area contributed by atoms with Crippen LogP contribution >= 0.6 is 0 Å². The van der Waals surface area contributed by atoms with Crippen LogP contribution in [-0.2, 0) is 9.63 Å². The summed E-state index contributed by atoms with van der Waals surface area (Å²) in [7, 11) is 1.46. The van der Waals surface area contributed by atoms with Crippen molar-refractivity contribution >= 4 is 5.91 Å². The zero-order valence-corrected chi connectivity index (χ0v) is 9.41. The Hall–Kier alpha value is -0.610. The molecule has 1 aliphatic rings. The highest BCUT2D eigenvalue weighted by Gasteiger charge is 2.34. The number of hydrogen-bond acceptors (Lipinski definition) is 3. The predicted molar refractivity (Wildman–Crippen MR) is 54.6 cm³/mol. The number of rotatable bonds is 3. The number of carbonyl (C=O) groups excluding carboxylic acids is 1. The van der Waals surface area contributed by atoms with Gasteiger partial charge in [0.25, 0.3) is 5.91 Å². The largest absolute Gasteiger partial charge is 0.287 e. The van der Waals surface area contributed by atoms with E-state index in [1.807, 2.05) is 6.92 Å². The maximum atomic E-state index is 11.5. The van der Waals surface area contributed by atoms with Crippen LogP contribution in [0.25, 0.3) is 0 Å². The minimum absolute atomic E-state index is 0.0619. The monoisotopic (exact) mass is 200 g/mol. The molecule has 0 aromatic heterocycles. The van der Waals surface area contributed by atoms with Crippen molar-refractivity contribution in [2.45, 2.75) is 51.7 Å². The molecule has 82 valence electrons. The van der Waals surface area contributed by atoms with Crippen LogP contribution < -0.4 is 5.48 Å². The lowest BCUT2D eigenvalue weighted by molar-refractivity contribution is -0.137. The molecule has 14 heavy (non-hydrogen) atoms. The Bertz CT molecular complexity index is 198. The second-order valence-corrected chi connectivity index (χ2v) is 4.07. The second-order valence-electron chi connectivity index (χ2n) is 4.07. The molecular weight excluding hydrogens is 180 g/mol. The molecule has 1 rings (SSSR count). The zero-order chi connectivity index (χ0) is 10.7. The van der Waals surface area contributed by atoms with Gasteiger partial charge in [0.05, 0.1) is 13.2 Å². The Kier molecular flexibility index (Phi) is 3.89. The summed E-state index contributed by atoms with van der Waals surface area (Å²) >= 11 is 0. The average molecular weight is 200 g/mol. The molecular formula is C10H20N2O2. The number of amides is 1. The highest BCUT2D eigenvalue weighted by Crippen LogP contribution is 2.25. The van der Waals surface area contributed by atoms with E-state index in [9.17, 15) is 4.79 Å². The minimum atomic E-state index is -0.109. The number of hydrogen-bond donors (Lipinski definition) is 1. The molecule has 0 saturated carbocycles. The SMILES string of the molecule is CONC(=O)C(C)N1C(C)CCC1C. The molecule has 4 nitrogen and oxygen atoms in total. The van der Waals surface area contributed by atoms with Crippen LogP contribution in [-0.4, -0.2) is 36.0 Å². The van der Waals surface area contributed by atoms with Crippen molar-refractivity contribution in [3.05, 3.63) is 0 Å². The summed E-state index contributed by atoms with van der Waals surface area (Å²) in [5, 5.41) is 0. The molecule has 0 aromatic rings. The van der Waals surface area contributed by atoms with Gasteiger partial charge in [-0.3, -0.25) is 14.5 Å². The molecule has 1 heterocycles. The number of hydroxylamine groups is 1. The Morgan fingerprint density at radius 2 is 1.93 bits per heavy atom. The summed E-state index contributed by atoms with van der Waals surface area (Å²) < 4.78 is 0. The number of nitrogens with zero attached hydrogens (tertiary/aromatic N) is 1. The highest BCUT2D eigenvalue weighted by atomic mass is 16.6. The van der Waals surface area contributed by atoms with Crippen molar-refractivity contribution in [2.75, 3.05) is 7.11 Å². The summed E-state index contributed by atoms with van der Waals surface area (Å²) in [6.07, 6.45) is 2.34. The van der Waals surface area contributed by atoms with Crippen LogP contribution in [0.1, 0.15) is 33.6 Å². The first-order valence-electron chi connectivity index (χ1n) is 5.18. The molecule has 1 amide bonds. The Labute approximate surface area is 85.6 Å². The van der Waals surface area contributed by atoms with Crippen LogP contribution in [0.5, 0.6) is 0 Å². The summed E-state index contributed by atoms with van der Waals surface area (Å²) in [6, 6.07) is 0.868. The van der Waals surface area contributed by atoms with Gasteiger partial charge >= 0.3 is 0 Å². The summed E-state index contributed by atoms with van der Waals surface area (Å²) in [5.41, 5.74) is 2.38. The van der Waals surface area contributed by atoms with Gasteiger partial charge in [0.1, 0.15) is 0 Å². The number of likely N-dealkylation sites (tertiary alicyclic amines) is 1. The molecule has 1 fully saturated rings. The fourth-order valence-corrected chi connectivity index (χ4v) is 2.30. The molecule has 1 saturated heterocycles. The fourth-order valence-electron chi connectivity index (χ4n) is 2.30. The fraction of sp³-hybridized carbons (Fsp3) is 0.900. The van der Waals surface area contributed by atoms with Crippen molar-refractivity contribution in [3.8, 4) is 0 Å². The predicted octanol–water partition coefficient (Wildman–Crippen LogP) is 0.925. The highest BCUT2D eigenvalue weighted by molar-refractivity contribution is 5.80. The van der Waals surface area contributed by atoms with E-state index in [1.54, 1.807) is 0 Å². The minimum Gasteiger partial charge on any atom is -0.287 e. The lowest BCUT2D eigenvalue weighted by Crippen LogP contribution is -2.48. The Morgan fingerprint density at radius 1 is 1.43 bits per heavy atom. The third-order valence-electron chi connectivity index (χ3n) is 3.05. The number of carbonyl (C=O) groups is 1. The molecule has 1 N–H and O–H groups in total. The lowest BCUT2D eigenvalue weighted by Gasteiger charge is -2.31. The molecule has 0 radical (unpaired) electrons. The van der Waals surface area contributed by atoms with Crippen molar-refractivity contribution < 1.29 is 9.63 Å². The first-order chi connectivity index (χ1) is 6.57. The molecule has 3 unspecified atom stereocenters. The van der Waals surface area contributed by atoms with Crippen LogP contribution in [0.3, 0.4) is 0 Å². The molecule has 0 bridgehead atoms. The topological polar surface area (TPSA) is 41.6 Å². The molecule has 3 atom stereocenters. The molecule has 1 aliphatic heterocycles. The van der Waals surface area contributed by atoms with Gasteiger partial charge in [-0.1, -0.05) is 0 Å². The summed E-state index contributed by atoms with van der Waals surface area (Å²) in [5.74, 6) is -0.0619. The van der Waals surface area contributed by atoms with E-state index >= 15 is 0 Å². The van der Waals surface area contributed by atoms with Gasteiger partial charge in [0.2, 0.25) is 0 Å². The van der Waals surface area contributed by atoms with Crippen molar-refractivity contribution in [2.24, 2.45) is 0 Å². The van der Waals surface area contributed by atoms with E-state index in [0.29, 0.717) is 12.1 Å². The van der Waals surface area contributed by atoms with E-state index < -0.39 is 0 Å². The van der Waals surface area contributed by atoms with Crippen molar-refractivity contribution in [3.63, 3.8) is 0 Å². The Morgan fingerprint density at radius 3 is 2.36 bits per heavy atom. The van der Waals surface area contributed by atoms with Crippen LogP contribution in [0.15, 0.2) is 0 Å². The second kappa shape index (κ2) is 4.75. The van der Waals surface area contributed by atoms with Crippen LogP contribution in [0.4, 0.5) is 0 Å². The number of nitrogens with one attached hydrogen (secondary N) is 1. The van der Waals surface area contributed by atoms with Gasteiger partial charge < -0.3 is 0 Å². The quantitative estimate of drug-likeness (QED) is 0.689. The third kappa shape index (κ3) is 2.25. The van der Waals surface area contributed by atoms with Gasteiger partial charge in [-0.05, 0) is 33.6 Å². The van der Waals surface area contributed by atoms with Crippen molar-refractivity contribution in [1.29, 1.82) is 0 Å². The van der Waals surface area contributed by atoms with E-state index in [1.165, 1.54) is 20.0 Å². The van der Waals surface area contributed by atoms with Gasteiger partial charge in [0.15, 0.2) is 0 Å². The normalized spacial score (nSPS) is 30.3. The van der Waals surface area contributed by atoms with Crippen LogP contribution in [0.2, 0.25) is 0 Å². The Balaban J connectivity index is 2.58. The zero-order valence-electron chi connectivity index (χ0n) is 9.41. The van der Waals surface area contributed by atoms with E-state index in [4.69, 9.17) is 0 Å². The van der Waals surface area contributed by atoms with Gasteiger partial charge in [-0.2, -0.15) is 0 Å². The smallest absolute Gasteiger partial charge is 0.260 e. The van der Waals surface area contributed by atoms with E-state index in [0.717, 1.165) is 0 Å². The van der Waals surface area contributed by atoms with Crippen molar-refractivity contribution in [1.82, 2.24) is 10.4 Å². The standard InChI is InChI=1S/C10H20N2O2/c1-7-5-6-8(2)12(7)9(3)10(13)11-14-4/h7-9H,5-6H2,1-4H3,(H,11,13). The van der Waals surface area contributed by atoms with E-state index in [-0.39, 0.29) is 11.9 Å². The molecule has 4 heteroatoms. The van der Waals surface area contributed by atoms with Crippen LogP contribution in [0, 0.1) is 0 Å². The maximum Gasteiger partial charge on any atom is 0.260 e. The average Bonchev–Trinajstić information content (AvgIpc) is 2.46. The molecule has 0 spiro atoms. The maximum absolute atomic E-state index is 11.5.